The van der Waals surface area contributed by atoms with E-state index >= 15 is 0 Å². The van der Waals surface area contributed by atoms with Crippen molar-refractivity contribution in [2.45, 2.75) is 44.6 Å². The fraction of sp³-hybridized carbons (Fsp3) is 0.542. The van der Waals surface area contributed by atoms with Crippen molar-refractivity contribution in [1.82, 2.24) is 10.6 Å². The molecule has 0 unspecified atom stereocenters. The topological polar surface area (TPSA) is 93.7 Å². The van der Waals surface area contributed by atoms with E-state index < -0.39 is 17.9 Å². The summed E-state index contributed by atoms with van der Waals surface area (Å²) in [5.41, 5.74) is 0.877. The van der Waals surface area contributed by atoms with Crippen LogP contribution in [0.15, 0.2) is 42.5 Å². The number of benzene rings is 1. The summed E-state index contributed by atoms with van der Waals surface area (Å²) in [5.74, 6) is -0.753. The van der Waals surface area contributed by atoms with Gasteiger partial charge in [-0.15, -0.1) is 0 Å². The maximum Gasteiger partial charge on any atom is 0.309 e. The Kier molecular flexibility index (Phi) is 9.09. The summed E-state index contributed by atoms with van der Waals surface area (Å²) >= 11 is 0. The number of hydrogen-bond donors (Lipinski definition) is 2. The van der Waals surface area contributed by atoms with E-state index in [1.165, 1.54) is 0 Å². The molecule has 1 saturated heterocycles. The van der Waals surface area contributed by atoms with Gasteiger partial charge in [-0.05, 0) is 37.2 Å². The summed E-state index contributed by atoms with van der Waals surface area (Å²) in [5, 5.41) is 5.91. The van der Waals surface area contributed by atoms with Gasteiger partial charge in [-0.25, -0.2) is 0 Å². The van der Waals surface area contributed by atoms with E-state index in [0.29, 0.717) is 31.7 Å². The van der Waals surface area contributed by atoms with Crippen molar-refractivity contribution in [3.8, 4) is 0 Å². The number of ether oxygens (including phenoxy) is 2. The van der Waals surface area contributed by atoms with Crippen molar-refractivity contribution in [3.63, 3.8) is 0 Å². The van der Waals surface area contributed by atoms with Crippen LogP contribution in [0.1, 0.15) is 50.1 Å². The Morgan fingerprint density at radius 3 is 2.65 bits per heavy atom. The van der Waals surface area contributed by atoms with Gasteiger partial charge < -0.3 is 20.1 Å². The lowest BCUT2D eigenvalue weighted by molar-refractivity contribution is -0.151. The van der Waals surface area contributed by atoms with E-state index in [2.05, 4.69) is 10.6 Å². The SMILES string of the molecule is O=C(C[C@@H]1C/C=C/CCC(=O)N[C@H](c2ccccc2)COC1=O)NCC1CCOCC1. The highest BCUT2D eigenvalue weighted by molar-refractivity contribution is 5.83. The van der Waals surface area contributed by atoms with Crippen molar-refractivity contribution in [1.29, 1.82) is 0 Å². The number of rotatable bonds is 5. The Labute approximate surface area is 183 Å². The van der Waals surface area contributed by atoms with Crippen molar-refractivity contribution in [2.24, 2.45) is 11.8 Å². The number of hydrogen-bond acceptors (Lipinski definition) is 5. The van der Waals surface area contributed by atoms with Crippen LogP contribution in [-0.2, 0) is 23.9 Å². The minimum absolute atomic E-state index is 0.0402. The molecule has 2 aliphatic heterocycles. The molecule has 2 heterocycles. The summed E-state index contributed by atoms with van der Waals surface area (Å²) in [6.07, 6.45) is 7.10. The third kappa shape index (κ3) is 7.83. The number of cyclic esters (lactones) is 1. The van der Waals surface area contributed by atoms with E-state index in [1.54, 1.807) is 0 Å². The van der Waals surface area contributed by atoms with Crippen LogP contribution >= 0.6 is 0 Å². The smallest absolute Gasteiger partial charge is 0.309 e. The molecule has 1 aromatic rings. The molecule has 168 valence electrons. The summed E-state index contributed by atoms with van der Waals surface area (Å²) in [7, 11) is 0. The molecule has 0 aromatic heterocycles. The highest BCUT2D eigenvalue weighted by atomic mass is 16.5. The molecule has 2 N–H and O–H groups in total. The van der Waals surface area contributed by atoms with Crippen LogP contribution in [0.2, 0.25) is 0 Å². The lowest BCUT2D eigenvalue weighted by Crippen LogP contribution is -2.35. The van der Waals surface area contributed by atoms with Crippen LogP contribution in [0.5, 0.6) is 0 Å². The molecule has 2 amide bonds. The predicted molar refractivity (Wildman–Crippen MR) is 116 cm³/mol. The maximum absolute atomic E-state index is 12.8. The van der Waals surface area contributed by atoms with Gasteiger partial charge in [-0.3, -0.25) is 14.4 Å². The van der Waals surface area contributed by atoms with Crippen LogP contribution in [0.3, 0.4) is 0 Å². The number of carbonyl (C=O) groups is 3. The Hall–Kier alpha value is -2.67. The van der Waals surface area contributed by atoms with E-state index in [1.807, 2.05) is 42.5 Å². The normalized spacial score (nSPS) is 24.8. The third-order valence-corrected chi connectivity index (χ3v) is 5.75. The minimum atomic E-state index is -0.544. The van der Waals surface area contributed by atoms with Crippen LogP contribution < -0.4 is 10.6 Å². The second-order valence-corrected chi connectivity index (χ2v) is 8.17. The Balaban J connectivity index is 1.59. The molecule has 3 rings (SSSR count). The molecule has 0 bridgehead atoms. The number of esters is 1. The first kappa shape index (κ1) is 23.0. The van der Waals surface area contributed by atoms with Gasteiger partial charge in [-0.1, -0.05) is 42.5 Å². The zero-order chi connectivity index (χ0) is 21.9. The Morgan fingerprint density at radius 2 is 1.87 bits per heavy atom. The van der Waals surface area contributed by atoms with Gasteiger partial charge in [0.25, 0.3) is 0 Å². The number of carbonyl (C=O) groups excluding carboxylic acids is 3. The first-order valence-corrected chi connectivity index (χ1v) is 11.1. The van der Waals surface area contributed by atoms with Gasteiger partial charge in [-0.2, -0.15) is 0 Å². The lowest BCUT2D eigenvalue weighted by Gasteiger charge is -2.23. The minimum Gasteiger partial charge on any atom is -0.463 e. The van der Waals surface area contributed by atoms with Crippen LogP contribution in [-0.4, -0.2) is 44.1 Å². The summed E-state index contributed by atoms with van der Waals surface area (Å²) in [6, 6.07) is 9.04. The molecule has 2 aliphatic rings. The standard InChI is InChI=1S/C24H32N2O5/c27-22-10-6-2-5-9-20(15-23(28)25-16-18-11-13-30-14-12-18)24(29)31-17-21(26-22)19-7-3-1-4-8-19/h1-5,7-8,18,20-21H,6,9-17H2,(H,25,28)(H,26,27)/b5-2+/t20-,21-/m0/s1. The molecule has 0 spiro atoms. The molecule has 7 nitrogen and oxygen atoms in total. The summed E-state index contributed by atoms with van der Waals surface area (Å²) in [4.78, 5) is 37.5. The number of allylic oxidation sites excluding steroid dienone is 2. The second-order valence-electron chi connectivity index (χ2n) is 8.17. The van der Waals surface area contributed by atoms with Gasteiger partial charge >= 0.3 is 5.97 Å². The highest BCUT2D eigenvalue weighted by Crippen LogP contribution is 2.19. The second kappa shape index (κ2) is 12.2. The molecular formula is C24H32N2O5. The molecule has 0 radical (unpaired) electrons. The molecule has 2 atom stereocenters. The highest BCUT2D eigenvalue weighted by Gasteiger charge is 2.25. The molecule has 0 aliphatic carbocycles. The lowest BCUT2D eigenvalue weighted by atomic mass is 9.98. The van der Waals surface area contributed by atoms with Crippen molar-refractivity contribution in [2.75, 3.05) is 26.4 Å². The third-order valence-electron chi connectivity index (χ3n) is 5.75. The average molecular weight is 429 g/mol. The van der Waals surface area contributed by atoms with Gasteiger partial charge in [0, 0.05) is 32.6 Å². The number of nitrogens with one attached hydrogen (secondary N) is 2. The van der Waals surface area contributed by atoms with E-state index in [4.69, 9.17) is 9.47 Å². The van der Waals surface area contributed by atoms with E-state index in [-0.39, 0.29) is 24.8 Å². The summed E-state index contributed by atoms with van der Waals surface area (Å²) in [6.45, 7) is 2.12. The zero-order valence-corrected chi connectivity index (χ0v) is 17.9. The van der Waals surface area contributed by atoms with Crippen molar-refractivity contribution in [3.05, 3.63) is 48.0 Å². The molecule has 31 heavy (non-hydrogen) atoms. The summed E-state index contributed by atoms with van der Waals surface area (Å²) < 4.78 is 10.9. The van der Waals surface area contributed by atoms with Gasteiger partial charge in [0.1, 0.15) is 6.61 Å². The fourth-order valence-electron chi connectivity index (χ4n) is 3.82. The van der Waals surface area contributed by atoms with Crippen molar-refractivity contribution >= 4 is 17.8 Å². The Morgan fingerprint density at radius 1 is 1.10 bits per heavy atom. The van der Waals surface area contributed by atoms with Crippen molar-refractivity contribution < 1.29 is 23.9 Å². The molecule has 0 saturated carbocycles. The molecule has 1 fully saturated rings. The predicted octanol–water partition coefficient (Wildman–Crippen LogP) is 2.68. The van der Waals surface area contributed by atoms with Gasteiger partial charge in [0.2, 0.25) is 11.8 Å². The Bertz CT molecular complexity index is 758. The average Bonchev–Trinajstić information content (AvgIpc) is 2.79. The van der Waals surface area contributed by atoms with Crippen LogP contribution in [0.25, 0.3) is 0 Å². The first-order chi connectivity index (χ1) is 15.1. The first-order valence-electron chi connectivity index (χ1n) is 11.1. The van der Waals surface area contributed by atoms with Gasteiger partial charge in [0.15, 0.2) is 0 Å². The largest absolute Gasteiger partial charge is 0.463 e. The molecule has 1 aromatic carbocycles. The zero-order valence-electron chi connectivity index (χ0n) is 17.9. The van der Waals surface area contributed by atoms with Gasteiger partial charge in [0.05, 0.1) is 12.0 Å². The quantitative estimate of drug-likeness (QED) is 0.556. The maximum atomic E-state index is 12.8. The number of amides is 2. The molecule has 7 heteroatoms. The van der Waals surface area contributed by atoms with Crippen LogP contribution in [0.4, 0.5) is 0 Å². The fourth-order valence-corrected chi connectivity index (χ4v) is 3.82. The molecular weight excluding hydrogens is 396 g/mol. The van der Waals surface area contributed by atoms with E-state index in [0.717, 1.165) is 31.6 Å². The van der Waals surface area contributed by atoms with E-state index in [9.17, 15) is 14.4 Å². The van der Waals surface area contributed by atoms with Crippen LogP contribution in [0, 0.1) is 11.8 Å². The monoisotopic (exact) mass is 428 g/mol.